The predicted octanol–water partition coefficient (Wildman–Crippen LogP) is 1.99. The summed E-state index contributed by atoms with van der Waals surface area (Å²) in [4.78, 5) is 27.4. The molecule has 0 spiro atoms. The Labute approximate surface area is 126 Å². The second-order valence-electron chi connectivity index (χ2n) is 4.66. The van der Waals surface area contributed by atoms with Crippen LogP contribution in [0.5, 0.6) is 0 Å². The average Bonchev–Trinajstić information content (AvgIpc) is 2.63. The van der Waals surface area contributed by atoms with E-state index in [4.69, 9.17) is 0 Å². The van der Waals surface area contributed by atoms with Gasteiger partial charge in [0.1, 0.15) is 0 Å². The third-order valence-electron chi connectivity index (χ3n) is 3.30. The van der Waals surface area contributed by atoms with Gasteiger partial charge in [-0.1, -0.05) is 6.07 Å². The lowest BCUT2D eigenvalue weighted by Gasteiger charge is -2.21. The van der Waals surface area contributed by atoms with Crippen LogP contribution >= 0.6 is 22.6 Å². The number of hydrogen-bond donors (Lipinski definition) is 0. The van der Waals surface area contributed by atoms with E-state index in [1.54, 1.807) is 6.92 Å². The second-order valence-corrected chi connectivity index (χ2v) is 5.91. The zero-order valence-corrected chi connectivity index (χ0v) is 13.1. The van der Waals surface area contributed by atoms with Crippen molar-refractivity contribution in [2.75, 3.05) is 26.2 Å². The van der Waals surface area contributed by atoms with Gasteiger partial charge in [-0.2, -0.15) is 0 Å². The minimum atomic E-state index is 0.0592. The number of rotatable bonds is 1. The lowest BCUT2D eigenvalue weighted by molar-refractivity contribution is -0.128. The molecule has 1 saturated heterocycles. The van der Waals surface area contributed by atoms with Crippen LogP contribution < -0.4 is 0 Å². The van der Waals surface area contributed by atoms with Crippen molar-refractivity contribution in [3.8, 4) is 0 Å². The van der Waals surface area contributed by atoms with Crippen molar-refractivity contribution < 1.29 is 9.59 Å². The molecule has 5 heteroatoms. The SMILES string of the molecule is CC(=O)N1CCCN(C(=O)c2cccc(I)c2)CC1. The molecule has 0 saturated carbocycles. The monoisotopic (exact) mass is 372 g/mol. The third kappa shape index (κ3) is 3.68. The molecule has 4 nitrogen and oxygen atoms in total. The number of carbonyl (C=O) groups excluding carboxylic acids is 2. The second kappa shape index (κ2) is 6.36. The summed E-state index contributed by atoms with van der Waals surface area (Å²) in [5.74, 6) is 0.146. The van der Waals surface area contributed by atoms with Gasteiger partial charge in [-0.15, -0.1) is 0 Å². The molecule has 0 bridgehead atoms. The van der Waals surface area contributed by atoms with Crippen molar-refractivity contribution in [3.63, 3.8) is 0 Å². The van der Waals surface area contributed by atoms with Crippen LogP contribution in [-0.4, -0.2) is 47.8 Å². The van der Waals surface area contributed by atoms with Crippen molar-refractivity contribution in [2.45, 2.75) is 13.3 Å². The van der Waals surface area contributed by atoms with Crippen LogP contribution in [0.3, 0.4) is 0 Å². The standard InChI is InChI=1S/C14H17IN2O2/c1-11(18)16-6-3-7-17(9-8-16)14(19)12-4-2-5-13(15)10-12/h2,4-5,10H,3,6-9H2,1H3. The van der Waals surface area contributed by atoms with Gasteiger partial charge in [0.05, 0.1) is 0 Å². The number of carbonyl (C=O) groups is 2. The zero-order valence-electron chi connectivity index (χ0n) is 10.9. The van der Waals surface area contributed by atoms with Crippen molar-refractivity contribution in [1.82, 2.24) is 9.80 Å². The summed E-state index contributed by atoms with van der Waals surface area (Å²) < 4.78 is 1.06. The summed E-state index contributed by atoms with van der Waals surface area (Å²) in [6.07, 6.45) is 0.843. The van der Waals surface area contributed by atoms with Crippen LogP contribution in [-0.2, 0) is 4.79 Å². The molecule has 2 amide bonds. The minimum absolute atomic E-state index is 0.0592. The van der Waals surface area contributed by atoms with Gasteiger partial charge in [0.15, 0.2) is 0 Å². The summed E-state index contributed by atoms with van der Waals surface area (Å²) in [7, 11) is 0. The Kier molecular flexibility index (Phi) is 4.79. The van der Waals surface area contributed by atoms with Gasteiger partial charge < -0.3 is 9.80 Å². The number of halogens is 1. The molecular weight excluding hydrogens is 355 g/mol. The van der Waals surface area contributed by atoms with Crippen LogP contribution in [0.4, 0.5) is 0 Å². The summed E-state index contributed by atoms with van der Waals surface area (Å²) >= 11 is 2.21. The van der Waals surface area contributed by atoms with Gasteiger partial charge >= 0.3 is 0 Å². The molecule has 0 aliphatic carbocycles. The minimum Gasteiger partial charge on any atom is -0.341 e. The first kappa shape index (κ1) is 14.3. The number of benzene rings is 1. The van der Waals surface area contributed by atoms with Gasteiger partial charge in [0.2, 0.25) is 5.91 Å². The number of nitrogens with zero attached hydrogens (tertiary/aromatic N) is 2. The molecule has 1 fully saturated rings. The molecule has 1 aliphatic heterocycles. The van der Waals surface area contributed by atoms with E-state index < -0.39 is 0 Å². The Hall–Kier alpha value is -1.11. The fraction of sp³-hybridized carbons (Fsp3) is 0.429. The molecule has 1 aromatic carbocycles. The van der Waals surface area contributed by atoms with E-state index in [9.17, 15) is 9.59 Å². The molecule has 2 rings (SSSR count). The smallest absolute Gasteiger partial charge is 0.253 e. The van der Waals surface area contributed by atoms with E-state index in [2.05, 4.69) is 22.6 Å². The van der Waals surface area contributed by atoms with E-state index >= 15 is 0 Å². The predicted molar refractivity (Wildman–Crippen MR) is 81.9 cm³/mol. The Balaban J connectivity index is 2.06. The first-order chi connectivity index (χ1) is 9.08. The van der Waals surface area contributed by atoms with E-state index in [1.165, 1.54) is 0 Å². The highest BCUT2D eigenvalue weighted by molar-refractivity contribution is 14.1. The van der Waals surface area contributed by atoms with E-state index in [-0.39, 0.29) is 11.8 Å². The van der Waals surface area contributed by atoms with Crippen molar-refractivity contribution in [2.24, 2.45) is 0 Å². The van der Waals surface area contributed by atoms with Gasteiger partial charge in [-0.3, -0.25) is 9.59 Å². The van der Waals surface area contributed by atoms with Crippen molar-refractivity contribution >= 4 is 34.4 Å². The van der Waals surface area contributed by atoms with Crippen LogP contribution in [0.15, 0.2) is 24.3 Å². The molecule has 0 radical (unpaired) electrons. The maximum absolute atomic E-state index is 12.4. The fourth-order valence-corrected chi connectivity index (χ4v) is 2.78. The van der Waals surface area contributed by atoms with E-state index in [1.807, 2.05) is 34.1 Å². The Morgan fingerprint density at radius 2 is 1.79 bits per heavy atom. The Bertz CT molecular complexity index is 490. The fourth-order valence-electron chi connectivity index (χ4n) is 2.24. The molecule has 19 heavy (non-hydrogen) atoms. The average molecular weight is 372 g/mol. The zero-order chi connectivity index (χ0) is 13.8. The van der Waals surface area contributed by atoms with Crippen molar-refractivity contribution in [1.29, 1.82) is 0 Å². The highest BCUT2D eigenvalue weighted by Gasteiger charge is 2.21. The van der Waals surface area contributed by atoms with Crippen LogP contribution in [0.2, 0.25) is 0 Å². The largest absolute Gasteiger partial charge is 0.341 e. The molecular formula is C14H17IN2O2. The highest BCUT2D eigenvalue weighted by Crippen LogP contribution is 2.12. The quantitative estimate of drug-likeness (QED) is 0.708. The summed E-state index contributed by atoms with van der Waals surface area (Å²) in [5.41, 5.74) is 0.725. The summed E-state index contributed by atoms with van der Waals surface area (Å²) in [6, 6.07) is 7.61. The van der Waals surface area contributed by atoms with Gasteiger partial charge in [0, 0.05) is 42.2 Å². The van der Waals surface area contributed by atoms with Crippen LogP contribution in [0.25, 0.3) is 0 Å². The highest BCUT2D eigenvalue weighted by atomic mass is 127. The molecule has 102 valence electrons. The molecule has 1 heterocycles. The van der Waals surface area contributed by atoms with Gasteiger partial charge in [-0.05, 0) is 47.2 Å². The normalized spacial score (nSPS) is 16.1. The van der Waals surface area contributed by atoms with Crippen molar-refractivity contribution in [3.05, 3.63) is 33.4 Å². The summed E-state index contributed by atoms with van der Waals surface area (Å²) in [6.45, 7) is 4.28. The van der Waals surface area contributed by atoms with Gasteiger partial charge in [0.25, 0.3) is 5.91 Å². The molecule has 0 unspecified atom stereocenters. The molecule has 0 N–H and O–H groups in total. The lowest BCUT2D eigenvalue weighted by atomic mass is 10.2. The molecule has 0 aromatic heterocycles. The summed E-state index contributed by atoms with van der Waals surface area (Å²) in [5, 5.41) is 0. The maximum atomic E-state index is 12.4. The third-order valence-corrected chi connectivity index (χ3v) is 3.97. The number of amides is 2. The Morgan fingerprint density at radius 1 is 1.11 bits per heavy atom. The lowest BCUT2D eigenvalue weighted by Crippen LogP contribution is -2.36. The van der Waals surface area contributed by atoms with Crippen LogP contribution in [0, 0.1) is 3.57 Å². The Morgan fingerprint density at radius 3 is 2.47 bits per heavy atom. The van der Waals surface area contributed by atoms with E-state index in [0.717, 1.165) is 22.1 Å². The first-order valence-electron chi connectivity index (χ1n) is 6.38. The molecule has 0 atom stereocenters. The topological polar surface area (TPSA) is 40.6 Å². The van der Waals surface area contributed by atoms with Crippen LogP contribution in [0.1, 0.15) is 23.7 Å². The number of hydrogen-bond acceptors (Lipinski definition) is 2. The first-order valence-corrected chi connectivity index (χ1v) is 7.46. The van der Waals surface area contributed by atoms with Gasteiger partial charge in [-0.25, -0.2) is 0 Å². The maximum Gasteiger partial charge on any atom is 0.253 e. The molecule has 1 aliphatic rings. The van der Waals surface area contributed by atoms with E-state index in [0.29, 0.717) is 19.6 Å². The molecule has 1 aromatic rings.